The molecule has 0 aliphatic heterocycles. The number of hydrogen-bond acceptors (Lipinski definition) is 3. The molecule has 88 valence electrons. The quantitative estimate of drug-likeness (QED) is 0.692. The Morgan fingerprint density at radius 2 is 2.13 bits per heavy atom. The van der Waals surface area contributed by atoms with E-state index in [0.29, 0.717) is 0 Å². The molecule has 0 rings (SSSR count). The number of rotatable bonds is 7. The summed E-state index contributed by atoms with van der Waals surface area (Å²) >= 11 is -0.154. The third-order valence-corrected chi connectivity index (χ3v) is 2.13. The summed E-state index contributed by atoms with van der Waals surface area (Å²) in [5, 5.41) is 8.46. The van der Waals surface area contributed by atoms with E-state index < -0.39 is 11.5 Å². The molecule has 0 radical (unpaired) electrons. The second kappa shape index (κ2) is 6.73. The van der Waals surface area contributed by atoms with Crippen molar-refractivity contribution in [3.8, 4) is 0 Å². The highest BCUT2D eigenvalue weighted by molar-refractivity contribution is 8.00. The summed E-state index contributed by atoms with van der Waals surface area (Å²) in [7, 11) is 0. The van der Waals surface area contributed by atoms with Crippen LogP contribution in [0.3, 0.4) is 0 Å². The van der Waals surface area contributed by atoms with Gasteiger partial charge in [-0.15, -0.1) is 6.58 Å². The molecule has 0 fully saturated rings. The first-order chi connectivity index (χ1) is 6.85. The fourth-order valence-electron chi connectivity index (χ4n) is 0.899. The molecular weight excluding hydrogens is 231 g/mol. The maximum atomic E-state index is 11.8. The molecule has 3 nitrogen and oxygen atoms in total. The highest BCUT2D eigenvalue weighted by atomic mass is 32.2. The summed E-state index contributed by atoms with van der Waals surface area (Å²) in [5.74, 6) is -1.24. The minimum Gasteiger partial charge on any atom is -0.480 e. The molecule has 15 heavy (non-hydrogen) atoms. The summed E-state index contributed by atoms with van der Waals surface area (Å²) in [6, 6.07) is 0. The first kappa shape index (κ1) is 14.3. The third-order valence-electron chi connectivity index (χ3n) is 1.42. The van der Waals surface area contributed by atoms with Crippen molar-refractivity contribution < 1.29 is 23.1 Å². The fraction of sp³-hybridized carbons (Fsp3) is 0.625. The van der Waals surface area contributed by atoms with E-state index in [4.69, 9.17) is 5.11 Å². The Kier molecular flexibility index (Phi) is 6.42. The number of carboxylic acids is 1. The molecule has 0 saturated carbocycles. The van der Waals surface area contributed by atoms with Crippen LogP contribution in [0.25, 0.3) is 0 Å². The molecule has 0 aromatic rings. The molecule has 0 saturated heterocycles. The first-order valence-corrected chi connectivity index (χ1v) is 5.09. The van der Waals surface area contributed by atoms with Gasteiger partial charge in [-0.2, -0.15) is 13.2 Å². The van der Waals surface area contributed by atoms with Crippen LogP contribution in [0.1, 0.15) is 0 Å². The molecule has 7 heteroatoms. The average molecular weight is 243 g/mol. The van der Waals surface area contributed by atoms with E-state index >= 15 is 0 Å². The van der Waals surface area contributed by atoms with Gasteiger partial charge in [0.2, 0.25) is 0 Å². The van der Waals surface area contributed by atoms with Gasteiger partial charge in [0.05, 0.1) is 6.54 Å². The van der Waals surface area contributed by atoms with E-state index in [9.17, 15) is 18.0 Å². The lowest BCUT2D eigenvalue weighted by molar-refractivity contribution is -0.138. The van der Waals surface area contributed by atoms with E-state index in [-0.39, 0.29) is 37.1 Å². The number of nitrogens with zero attached hydrogens (tertiary/aromatic N) is 1. The van der Waals surface area contributed by atoms with Crippen LogP contribution < -0.4 is 0 Å². The molecule has 0 aliphatic carbocycles. The highest BCUT2D eigenvalue weighted by Gasteiger charge is 2.27. The zero-order valence-electron chi connectivity index (χ0n) is 7.96. The van der Waals surface area contributed by atoms with Crippen LogP contribution in [0.5, 0.6) is 0 Å². The molecule has 0 aromatic heterocycles. The van der Waals surface area contributed by atoms with Crippen molar-refractivity contribution in [1.29, 1.82) is 0 Å². The second-order valence-corrected chi connectivity index (χ2v) is 3.87. The van der Waals surface area contributed by atoms with Gasteiger partial charge in [-0.1, -0.05) is 6.08 Å². The van der Waals surface area contributed by atoms with Crippen LogP contribution in [0.2, 0.25) is 0 Å². The van der Waals surface area contributed by atoms with Gasteiger partial charge in [-0.3, -0.25) is 9.69 Å². The predicted molar refractivity (Wildman–Crippen MR) is 52.8 cm³/mol. The first-order valence-electron chi connectivity index (χ1n) is 4.11. The van der Waals surface area contributed by atoms with Crippen LogP contribution in [-0.4, -0.2) is 46.9 Å². The van der Waals surface area contributed by atoms with Crippen molar-refractivity contribution in [2.75, 3.05) is 25.4 Å². The number of alkyl halides is 3. The number of thioether (sulfide) groups is 1. The topological polar surface area (TPSA) is 40.5 Å². The Morgan fingerprint density at radius 3 is 2.53 bits per heavy atom. The van der Waals surface area contributed by atoms with Crippen LogP contribution in [0, 0.1) is 0 Å². The lowest BCUT2D eigenvalue weighted by Gasteiger charge is -2.18. The maximum absolute atomic E-state index is 11.8. The number of aliphatic carboxylic acids is 1. The van der Waals surface area contributed by atoms with Crippen LogP contribution >= 0.6 is 11.8 Å². The SMILES string of the molecule is C=CCN(CCSC(F)(F)F)CC(=O)O. The Morgan fingerprint density at radius 1 is 1.53 bits per heavy atom. The summed E-state index contributed by atoms with van der Waals surface area (Å²) in [6.07, 6.45) is 1.46. The highest BCUT2D eigenvalue weighted by Crippen LogP contribution is 2.29. The minimum absolute atomic E-state index is 0.0719. The Labute approximate surface area is 89.9 Å². The lowest BCUT2D eigenvalue weighted by Crippen LogP contribution is -2.32. The van der Waals surface area contributed by atoms with Crippen molar-refractivity contribution in [2.45, 2.75) is 5.51 Å². The minimum atomic E-state index is -4.26. The Balaban J connectivity index is 3.85. The van der Waals surface area contributed by atoms with Gasteiger partial charge in [0.15, 0.2) is 0 Å². The zero-order chi connectivity index (χ0) is 11.9. The fourth-order valence-corrected chi connectivity index (χ4v) is 1.48. The molecule has 1 N–H and O–H groups in total. The van der Waals surface area contributed by atoms with Gasteiger partial charge in [0, 0.05) is 18.8 Å². The van der Waals surface area contributed by atoms with E-state index in [1.165, 1.54) is 11.0 Å². The van der Waals surface area contributed by atoms with Crippen LogP contribution in [0.4, 0.5) is 13.2 Å². The monoisotopic (exact) mass is 243 g/mol. The second-order valence-electron chi connectivity index (χ2n) is 2.71. The molecule has 0 spiro atoms. The smallest absolute Gasteiger partial charge is 0.441 e. The molecular formula is C8H12F3NO2S. The van der Waals surface area contributed by atoms with Gasteiger partial charge >= 0.3 is 11.5 Å². The van der Waals surface area contributed by atoms with E-state index in [1.54, 1.807) is 0 Å². The van der Waals surface area contributed by atoms with Gasteiger partial charge < -0.3 is 5.11 Å². The summed E-state index contributed by atoms with van der Waals surface area (Å²) < 4.78 is 35.3. The van der Waals surface area contributed by atoms with E-state index in [1.807, 2.05) is 0 Å². The number of hydrogen-bond donors (Lipinski definition) is 1. The molecule has 0 atom stereocenters. The number of carboxylic acid groups (broad SMARTS) is 1. The van der Waals surface area contributed by atoms with Gasteiger partial charge in [-0.25, -0.2) is 0 Å². The van der Waals surface area contributed by atoms with Crippen LogP contribution in [0.15, 0.2) is 12.7 Å². The van der Waals surface area contributed by atoms with Crippen molar-refractivity contribution in [2.24, 2.45) is 0 Å². The van der Waals surface area contributed by atoms with E-state index in [0.717, 1.165) is 0 Å². The molecule has 0 bridgehead atoms. The normalized spacial score (nSPS) is 11.7. The zero-order valence-corrected chi connectivity index (χ0v) is 8.77. The summed E-state index contributed by atoms with van der Waals surface area (Å²) in [5.41, 5.74) is -4.26. The van der Waals surface area contributed by atoms with Crippen molar-refractivity contribution in [1.82, 2.24) is 4.90 Å². The number of halogens is 3. The third kappa shape index (κ3) is 9.61. The van der Waals surface area contributed by atoms with Crippen molar-refractivity contribution >= 4 is 17.7 Å². The van der Waals surface area contributed by atoms with Gasteiger partial charge in [0.25, 0.3) is 0 Å². The molecule has 0 aromatic carbocycles. The van der Waals surface area contributed by atoms with Crippen molar-refractivity contribution in [3.05, 3.63) is 12.7 Å². The predicted octanol–water partition coefficient (Wildman–Crippen LogP) is 1.81. The Bertz CT molecular complexity index is 220. The number of carbonyl (C=O) groups is 1. The lowest BCUT2D eigenvalue weighted by atomic mass is 10.4. The average Bonchev–Trinajstić information content (AvgIpc) is 2.00. The molecule has 0 heterocycles. The van der Waals surface area contributed by atoms with Crippen molar-refractivity contribution in [3.63, 3.8) is 0 Å². The summed E-state index contributed by atoms with van der Waals surface area (Å²) in [4.78, 5) is 11.7. The van der Waals surface area contributed by atoms with E-state index in [2.05, 4.69) is 6.58 Å². The van der Waals surface area contributed by atoms with Gasteiger partial charge in [0.1, 0.15) is 0 Å². The summed E-state index contributed by atoms with van der Waals surface area (Å²) in [6.45, 7) is 3.47. The maximum Gasteiger partial charge on any atom is 0.441 e. The molecule has 0 aliphatic rings. The van der Waals surface area contributed by atoms with Crippen LogP contribution in [-0.2, 0) is 4.79 Å². The standard InChI is InChI=1S/C8H12F3NO2S/c1-2-3-12(6-7(13)14)4-5-15-8(9,10)11/h2H,1,3-6H2,(H,13,14). The van der Waals surface area contributed by atoms with Gasteiger partial charge in [-0.05, 0) is 11.8 Å². The Hall–Kier alpha value is -0.690. The molecule has 0 amide bonds. The molecule has 0 unspecified atom stereocenters. The largest absolute Gasteiger partial charge is 0.480 e.